The summed E-state index contributed by atoms with van der Waals surface area (Å²) in [5.41, 5.74) is 2.03. The number of carbonyl (C=O) groups is 1. The van der Waals surface area contributed by atoms with Crippen LogP contribution in [0.5, 0.6) is 0 Å². The fraction of sp³-hybridized carbons (Fsp3) is 0.615. The molecule has 1 spiro atoms. The lowest BCUT2D eigenvalue weighted by atomic mass is 9.77. The van der Waals surface area contributed by atoms with Crippen molar-refractivity contribution in [2.45, 2.75) is 25.2 Å². The maximum atomic E-state index is 11.8. The Morgan fingerprint density at radius 1 is 1.39 bits per heavy atom. The molecule has 5 nitrogen and oxygen atoms in total. The first kappa shape index (κ1) is 11.6. The molecule has 0 N–H and O–H groups in total. The van der Waals surface area contributed by atoms with Crippen molar-refractivity contribution in [1.82, 2.24) is 14.9 Å². The van der Waals surface area contributed by atoms with E-state index >= 15 is 0 Å². The first-order chi connectivity index (χ1) is 8.62. The van der Waals surface area contributed by atoms with E-state index in [1.807, 2.05) is 4.90 Å². The molecule has 1 amide bonds. The number of nitrogens with zero attached hydrogens (tertiary/aromatic N) is 4. The number of hydrogen-bond acceptors (Lipinski definition) is 4. The fourth-order valence-electron chi connectivity index (χ4n) is 3.11. The Balaban J connectivity index is 2.02. The minimum Gasteiger partial charge on any atom is -0.309 e. The summed E-state index contributed by atoms with van der Waals surface area (Å²) in [5.74, 6) is 0.0850. The molecule has 2 aliphatic rings. The molecule has 0 saturated carbocycles. The van der Waals surface area contributed by atoms with Crippen LogP contribution in [-0.4, -0.2) is 47.5 Å². The molecule has 1 fully saturated rings. The summed E-state index contributed by atoms with van der Waals surface area (Å²) >= 11 is 0. The molecule has 0 unspecified atom stereocenters. The van der Waals surface area contributed by atoms with Gasteiger partial charge in [-0.1, -0.05) is 0 Å². The number of hydrogen-bond donors (Lipinski definition) is 0. The van der Waals surface area contributed by atoms with Crippen molar-refractivity contribution in [3.05, 3.63) is 18.2 Å². The van der Waals surface area contributed by atoms with Crippen LogP contribution < -0.4 is 4.90 Å². The topological polar surface area (TPSA) is 49.3 Å². The molecule has 0 aromatic carbocycles. The maximum Gasteiger partial charge on any atom is 0.223 e. The second kappa shape index (κ2) is 4.02. The summed E-state index contributed by atoms with van der Waals surface area (Å²) < 4.78 is 0. The second-order valence-electron chi connectivity index (χ2n) is 5.45. The Hall–Kier alpha value is -1.49. The lowest BCUT2D eigenvalue weighted by molar-refractivity contribution is -0.116. The summed E-state index contributed by atoms with van der Waals surface area (Å²) in [5, 5.41) is 0. The van der Waals surface area contributed by atoms with Gasteiger partial charge in [-0.2, -0.15) is 0 Å². The van der Waals surface area contributed by atoms with Gasteiger partial charge in [0, 0.05) is 18.9 Å². The quantitative estimate of drug-likeness (QED) is 0.679. The summed E-state index contributed by atoms with van der Waals surface area (Å²) in [6, 6.07) is 0. The largest absolute Gasteiger partial charge is 0.309 e. The van der Waals surface area contributed by atoms with E-state index in [0.717, 1.165) is 43.9 Å². The molecule has 96 valence electrons. The van der Waals surface area contributed by atoms with Crippen LogP contribution in [0.25, 0.3) is 0 Å². The van der Waals surface area contributed by atoms with Crippen LogP contribution in [0.1, 0.15) is 25.5 Å². The van der Waals surface area contributed by atoms with Gasteiger partial charge < -0.3 is 9.80 Å². The Morgan fingerprint density at radius 3 is 2.78 bits per heavy atom. The van der Waals surface area contributed by atoms with Gasteiger partial charge in [0.15, 0.2) is 0 Å². The van der Waals surface area contributed by atoms with Gasteiger partial charge in [-0.25, -0.2) is 9.97 Å². The SMILES string of the molecule is CC(=O)N1CC2(CCN(C)CC2)c2ncncc21. The van der Waals surface area contributed by atoms with Gasteiger partial charge in [-0.05, 0) is 33.0 Å². The maximum absolute atomic E-state index is 11.8. The third kappa shape index (κ3) is 1.61. The van der Waals surface area contributed by atoms with Gasteiger partial charge in [-0.3, -0.25) is 4.79 Å². The lowest BCUT2D eigenvalue weighted by Crippen LogP contribution is -2.44. The number of rotatable bonds is 0. The summed E-state index contributed by atoms with van der Waals surface area (Å²) in [6.45, 7) is 4.51. The monoisotopic (exact) mass is 246 g/mol. The molecular formula is C13H18N4O. The number of anilines is 1. The van der Waals surface area contributed by atoms with E-state index in [0.29, 0.717) is 0 Å². The summed E-state index contributed by atoms with van der Waals surface area (Å²) in [4.78, 5) is 24.5. The Labute approximate surface area is 107 Å². The van der Waals surface area contributed by atoms with E-state index in [2.05, 4.69) is 21.9 Å². The minimum atomic E-state index is 0.0520. The molecule has 0 aliphatic carbocycles. The number of piperidine rings is 1. The second-order valence-corrected chi connectivity index (χ2v) is 5.45. The zero-order chi connectivity index (χ0) is 12.8. The van der Waals surface area contributed by atoms with E-state index < -0.39 is 0 Å². The van der Waals surface area contributed by atoms with E-state index in [-0.39, 0.29) is 11.3 Å². The summed E-state index contributed by atoms with van der Waals surface area (Å²) in [7, 11) is 2.14. The standard InChI is InChI=1S/C13H18N4O/c1-10(18)17-8-13(3-5-16(2)6-4-13)12-11(17)7-14-9-15-12/h7,9H,3-6,8H2,1-2H3. The Bertz CT molecular complexity index is 480. The van der Waals surface area contributed by atoms with E-state index in [1.165, 1.54) is 0 Å². The molecule has 2 aliphatic heterocycles. The summed E-state index contributed by atoms with van der Waals surface area (Å²) in [6.07, 6.45) is 5.51. The van der Waals surface area contributed by atoms with Crippen molar-refractivity contribution in [3.63, 3.8) is 0 Å². The predicted octanol–water partition coefficient (Wildman–Crippen LogP) is 0.806. The lowest BCUT2D eigenvalue weighted by Gasteiger charge is -2.37. The van der Waals surface area contributed by atoms with Crippen molar-refractivity contribution in [1.29, 1.82) is 0 Å². The minimum absolute atomic E-state index is 0.0520. The number of carbonyl (C=O) groups excluding carboxylic acids is 1. The molecule has 1 saturated heterocycles. The molecule has 0 atom stereocenters. The third-order valence-electron chi connectivity index (χ3n) is 4.27. The van der Waals surface area contributed by atoms with Gasteiger partial charge in [0.05, 0.1) is 17.6 Å². The van der Waals surface area contributed by atoms with Crippen molar-refractivity contribution in [2.75, 3.05) is 31.6 Å². The molecule has 18 heavy (non-hydrogen) atoms. The first-order valence-electron chi connectivity index (χ1n) is 6.39. The zero-order valence-corrected chi connectivity index (χ0v) is 10.9. The van der Waals surface area contributed by atoms with E-state index in [9.17, 15) is 4.79 Å². The predicted molar refractivity (Wildman–Crippen MR) is 68.5 cm³/mol. The third-order valence-corrected chi connectivity index (χ3v) is 4.27. The highest BCUT2D eigenvalue weighted by molar-refractivity contribution is 5.94. The normalized spacial score (nSPS) is 22.2. The van der Waals surface area contributed by atoms with Crippen LogP contribution in [-0.2, 0) is 10.2 Å². The molecule has 0 radical (unpaired) electrons. The fourth-order valence-corrected chi connectivity index (χ4v) is 3.11. The van der Waals surface area contributed by atoms with Gasteiger partial charge in [-0.15, -0.1) is 0 Å². The molecule has 5 heteroatoms. The van der Waals surface area contributed by atoms with E-state index in [4.69, 9.17) is 0 Å². The van der Waals surface area contributed by atoms with Crippen LogP contribution in [0.3, 0.4) is 0 Å². The first-order valence-corrected chi connectivity index (χ1v) is 6.39. The molecule has 1 aromatic heterocycles. The highest BCUT2D eigenvalue weighted by atomic mass is 16.2. The van der Waals surface area contributed by atoms with Crippen molar-refractivity contribution in [2.24, 2.45) is 0 Å². The number of likely N-dealkylation sites (tertiary alicyclic amines) is 1. The number of aromatic nitrogens is 2. The van der Waals surface area contributed by atoms with Crippen molar-refractivity contribution >= 4 is 11.6 Å². The number of amides is 1. The average Bonchev–Trinajstić information content (AvgIpc) is 2.69. The number of fused-ring (bicyclic) bond motifs is 2. The Morgan fingerprint density at radius 2 is 2.11 bits per heavy atom. The van der Waals surface area contributed by atoms with Crippen LogP contribution in [0.2, 0.25) is 0 Å². The van der Waals surface area contributed by atoms with Gasteiger partial charge in [0.2, 0.25) is 5.91 Å². The molecule has 3 rings (SSSR count). The van der Waals surface area contributed by atoms with Gasteiger partial charge in [0.25, 0.3) is 0 Å². The highest BCUT2D eigenvalue weighted by Crippen LogP contribution is 2.45. The molecule has 0 bridgehead atoms. The Kier molecular flexibility index (Phi) is 2.59. The van der Waals surface area contributed by atoms with Gasteiger partial charge in [0.1, 0.15) is 6.33 Å². The van der Waals surface area contributed by atoms with Crippen LogP contribution >= 0.6 is 0 Å². The highest BCUT2D eigenvalue weighted by Gasteiger charge is 2.46. The average molecular weight is 246 g/mol. The molecular weight excluding hydrogens is 228 g/mol. The van der Waals surface area contributed by atoms with Gasteiger partial charge >= 0.3 is 0 Å². The van der Waals surface area contributed by atoms with Crippen LogP contribution in [0.15, 0.2) is 12.5 Å². The molecule has 1 aromatic rings. The molecule has 3 heterocycles. The van der Waals surface area contributed by atoms with Crippen LogP contribution in [0.4, 0.5) is 5.69 Å². The smallest absolute Gasteiger partial charge is 0.223 e. The van der Waals surface area contributed by atoms with Crippen molar-refractivity contribution < 1.29 is 4.79 Å². The van der Waals surface area contributed by atoms with E-state index in [1.54, 1.807) is 19.4 Å². The van der Waals surface area contributed by atoms with Crippen molar-refractivity contribution in [3.8, 4) is 0 Å². The van der Waals surface area contributed by atoms with Crippen LogP contribution in [0, 0.1) is 0 Å². The zero-order valence-electron chi connectivity index (χ0n) is 10.9.